The molecule has 2 rings (SSSR count). The smallest absolute Gasteiger partial charge is 0.260 e. The number of ether oxygens (including phenoxy) is 1. The summed E-state index contributed by atoms with van der Waals surface area (Å²) in [6, 6.07) is 10.9. The van der Waals surface area contributed by atoms with Crippen molar-refractivity contribution in [3.05, 3.63) is 69.1 Å². The second-order valence-electron chi connectivity index (χ2n) is 4.77. The Kier molecular flexibility index (Phi) is 4.90. The van der Waals surface area contributed by atoms with Crippen molar-refractivity contribution in [2.24, 2.45) is 0 Å². The maximum absolute atomic E-state index is 12.1. The number of carbonyl (C=O) groups excluding carboxylic acids is 1. The van der Waals surface area contributed by atoms with E-state index in [1.807, 2.05) is 24.3 Å². The van der Waals surface area contributed by atoms with Crippen LogP contribution in [0, 0.1) is 6.92 Å². The third-order valence-corrected chi connectivity index (χ3v) is 3.16. The van der Waals surface area contributed by atoms with Gasteiger partial charge in [-0.2, -0.15) is 0 Å². The highest BCUT2D eigenvalue weighted by Gasteiger charge is 2.10. The maximum atomic E-state index is 12.1. The van der Waals surface area contributed by atoms with Gasteiger partial charge in [-0.1, -0.05) is 24.3 Å². The van der Waals surface area contributed by atoms with Gasteiger partial charge in [-0.25, -0.2) is 0 Å². The molecule has 0 radical (unpaired) electrons. The first kappa shape index (κ1) is 15.0. The van der Waals surface area contributed by atoms with E-state index in [0.29, 0.717) is 13.2 Å². The van der Waals surface area contributed by atoms with E-state index in [-0.39, 0.29) is 17.0 Å². The summed E-state index contributed by atoms with van der Waals surface area (Å²) in [5.74, 6) is -0.386. The summed E-state index contributed by atoms with van der Waals surface area (Å²) in [5.41, 5.74) is 2.44. The normalized spacial score (nSPS) is 10.4. The minimum atomic E-state index is -0.386. The maximum Gasteiger partial charge on any atom is 0.260 e. The molecule has 1 amide bonds. The lowest BCUT2D eigenvalue weighted by Gasteiger charge is -2.10. The average molecular weight is 286 g/mol. The summed E-state index contributed by atoms with van der Waals surface area (Å²) in [5, 5.41) is 2.76. The first-order valence-electron chi connectivity index (χ1n) is 6.65. The van der Waals surface area contributed by atoms with Gasteiger partial charge in [0.25, 0.3) is 11.5 Å². The molecule has 2 N–H and O–H groups in total. The third-order valence-electron chi connectivity index (χ3n) is 3.16. The third kappa shape index (κ3) is 3.79. The zero-order valence-electron chi connectivity index (χ0n) is 12.1. The number of aromatic amines is 1. The molecule has 1 aromatic heterocycles. The van der Waals surface area contributed by atoms with Gasteiger partial charge in [0, 0.05) is 19.3 Å². The number of aromatic nitrogens is 1. The van der Waals surface area contributed by atoms with Crippen LogP contribution in [0.15, 0.2) is 41.2 Å². The molecule has 1 heterocycles. The van der Waals surface area contributed by atoms with Gasteiger partial charge in [0.05, 0.1) is 6.61 Å². The number of carbonyl (C=O) groups is 1. The predicted molar refractivity (Wildman–Crippen MR) is 80.1 cm³/mol. The lowest BCUT2D eigenvalue weighted by Crippen LogP contribution is -2.29. The number of benzene rings is 1. The predicted octanol–water partition coefficient (Wildman–Crippen LogP) is 1.76. The van der Waals surface area contributed by atoms with E-state index in [4.69, 9.17) is 4.74 Å². The highest BCUT2D eigenvalue weighted by Crippen LogP contribution is 2.09. The largest absolute Gasteiger partial charge is 0.380 e. The van der Waals surface area contributed by atoms with Crippen LogP contribution in [0.5, 0.6) is 0 Å². The number of amides is 1. The van der Waals surface area contributed by atoms with Gasteiger partial charge in [-0.3, -0.25) is 9.59 Å². The molecule has 21 heavy (non-hydrogen) atoms. The number of nitrogens with one attached hydrogen (secondary N) is 2. The van der Waals surface area contributed by atoms with Gasteiger partial charge < -0.3 is 15.0 Å². The van der Waals surface area contributed by atoms with Crippen LogP contribution >= 0.6 is 0 Å². The number of aryl methyl sites for hydroxylation is 1. The zero-order chi connectivity index (χ0) is 15.2. The molecule has 2 aromatic rings. The Hall–Kier alpha value is -2.40. The van der Waals surface area contributed by atoms with Gasteiger partial charge in [-0.05, 0) is 30.2 Å². The fourth-order valence-electron chi connectivity index (χ4n) is 2.05. The molecule has 0 bridgehead atoms. The number of hydrogen-bond acceptors (Lipinski definition) is 3. The van der Waals surface area contributed by atoms with Gasteiger partial charge in [0.15, 0.2) is 0 Å². The van der Waals surface area contributed by atoms with Crippen LogP contribution in [-0.4, -0.2) is 18.0 Å². The Balaban J connectivity index is 2.09. The number of H-pyrrole nitrogens is 1. The summed E-state index contributed by atoms with van der Waals surface area (Å²) < 4.78 is 5.12. The molecule has 0 saturated heterocycles. The molecule has 0 fully saturated rings. The molecule has 0 spiro atoms. The summed E-state index contributed by atoms with van der Waals surface area (Å²) in [6.45, 7) is 2.60. The Morgan fingerprint density at radius 2 is 1.90 bits per heavy atom. The highest BCUT2D eigenvalue weighted by atomic mass is 16.5. The van der Waals surface area contributed by atoms with E-state index >= 15 is 0 Å². The van der Waals surface area contributed by atoms with Gasteiger partial charge in [0.1, 0.15) is 5.56 Å². The van der Waals surface area contributed by atoms with Gasteiger partial charge in [0.2, 0.25) is 0 Å². The SMILES string of the molecule is COCc1ccccc1CNC(=O)c1ccc(C)[nH]c1=O. The Labute approximate surface area is 123 Å². The molecule has 0 aliphatic heterocycles. The number of rotatable bonds is 5. The quantitative estimate of drug-likeness (QED) is 0.879. The molecule has 0 atom stereocenters. The standard InChI is InChI=1S/C16H18N2O3/c1-11-7-8-14(16(20)18-11)15(19)17-9-12-5-3-4-6-13(12)10-21-2/h3-8H,9-10H2,1-2H3,(H,17,19)(H,18,20). The van der Waals surface area contributed by atoms with Crippen molar-refractivity contribution >= 4 is 5.91 Å². The molecular weight excluding hydrogens is 268 g/mol. The number of pyridine rings is 1. The van der Waals surface area contributed by atoms with Gasteiger partial charge in [-0.15, -0.1) is 0 Å². The summed E-state index contributed by atoms with van der Waals surface area (Å²) in [7, 11) is 1.63. The molecule has 0 aliphatic carbocycles. The molecule has 0 saturated carbocycles. The van der Waals surface area contributed by atoms with Crippen molar-refractivity contribution in [3.8, 4) is 0 Å². The molecule has 5 nitrogen and oxygen atoms in total. The second-order valence-corrected chi connectivity index (χ2v) is 4.77. The Bertz CT molecular complexity index is 692. The van der Waals surface area contributed by atoms with Crippen LogP contribution in [0.2, 0.25) is 0 Å². The van der Waals surface area contributed by atoms with Crippen LogP contribution in [-0.2, 0) is 17.9 Å². The van der Waals surface area contributed by atoms with Crippen molar-refractivity contribution in [2.45, 2.75) is 20.1 Å². The van der Waals surface area contributed by atoms with Crippen molar-refractivity contribution in [2.75, 3.05) is 7.11 Å². The first-order valence-corrected chi connectivity index (χ1v) is 6.65. The summed E-state index contributed by atoms with van der Waals surface area (Å²) >= 11 is 0. The van der Waals surface area contributed by atoms with Crippen molar-refractivity contribution in [3.63, 3.8) is 0 Å². The van der Waals surface area contributed by atoms with Crippen molar-refractivity contribution in [1.29, 1.82) is 0 Å². The first-order chi connectivity index (χ1) is 10.1. The second kappa shape index (κ2) is 6.85. The van der Waals surface area contributed by atoms with Crippen LogP contribution < -0.4 is 10.9 Å². The minimum Gasteiger partial charge on any atom is -0.380 e. The van der Waals surface area contributed by atoms with Crippen LogP contribution in [0.3, 0.4) is 0 Å². The average Bonchev–Trinajstić information content (AvgIpc) is 2.46. The van der Waals surface area contributed by atoms with Crippen LogP contribution in [0.1, 0.15) is 27.2 Å². The van der Waals surface area contributed by atoms with E-state index in [1.54, 1.807) is 20.1 Å². The zero-order valence-corrected chi connectivity index (χ0v) is 12.1. The monoisotopic (exact) mass is 286 g/mol. The summed E-state index contributed by atoms with van der Waals surface area (Å²) in [4.78, 5) is 26.4. The van der Waals surface area contributed by atoms with E-state index in [9.17, 15) is 9.59 Å². The molecule has 110 valence electrons. The fraction of sp³-hybridized carbons (Fsp3) is 0.250. The van der Waals surface area contributed by atoms with E-state index in [2.05, 4.69) is 10.3 Å². The van der Waals surface area contributed by atoms with E-state index < -0.39 is 0 Å². The van der Waals surface area contributed by atoms with Crippen LogP contribution in [0.25, 0.3) is 0 Å². The Morgan fingerprint density at radius 3 is 2.57 bits per heavy atom. The number of hydrogen-bond donors (Lipinski definition) is 2. The van der Waals surface area contributed by atoms with Crippen LogP contribution in [0.4, 0.5) is 0 Å². The lowest BCUT2D eigenvalue weighted by molar-refractivity contribution is 0.0949. The van der Waals surface area contributed by atoms with E-state index in [0.717, 1.165) is 16.8 Å². The van der Waals surface area contributed by atoms with E-state index in [1.165, 1.54) is 6.07 Å². The highest BCUT2D eigenvalue weighted by molar-refractivity contribution is 5.93. The summed E-state index contributed by atoms with van der Waals surface area (Å²) in [6.07, 6.45) is 0. The fourth-order valence-corrected chi connectivity index (χ4v) is 2.05. The molecule has 1 aromatic carbocycles. The van der Waals surface area contributed by atoms with Crippen molar-refractivity contribution in [1.82, 2.24) is 10.3 Å². The van der Waals surface area contributed by atoms with Crippen molar-refractivity contribution < 1.29 is 9.53 Å². The minimum absolute atomic E-state index is 0.116. The van der Waals surface area contributed by atoms with Gasteiger partial charge >= 0.3 is 0 Å². The molecular formula is C16H18N2O3. The molecule has 5 heteroatoms. The lowest BCUT2D eigenvalue weighted by atomic mass is 10.1. The Morgan fingerprint density at radius 1 is 1.19 bits per heavy atom. The number of methoxy groups -OCH3 is 1. The topological polar surface area (TPSA) is 71.2 Å². The molecule has 0 unspecified atom stereocenters. The molecule has 0 aliphatic rings.